The highest BCUT2D eigenvalue weighted by atomic mass is 32.2. The molecule has 14 heavy (non-hydrogen) atoms. The van der Waals surface area contributed by atoms with Crippen molar-refractivity contribution in [1.29, 1.82) is 5.41 Å². The Kier molecular flexibility index (Phi) is 3.20. The van der Waals surface area contributed by atoms with Gasteiger partial charge in [0.2, 0.25) is 0 Å². The van der Waals surface area contributed by atoms with E-state index in [9.17, 15) is 8.42 Å². The predicted octanol–water partition coefficient (Wildman–Crippen LogP) is -0.986. The van der Waals surface area contributed by atoms with E-state index in [2.05, 4.69) is 14.9 Å². The van der Waals surface area contributed by atoms with Crippen molar-refractivity contribution in [3.8, 4) is 0 Å². The van der Waals surface area contributed by atoms with Gasteiger partial charge in [0, 0.05) is 13.0 Å². The Balaban J connectivity index is 2.56. The Morgan fingerprint density at radius 3 is 2.93 bits per heavy atom. The molecular formula is C6H11N5O2S. The van der Waals surface area contributed by atoms with Gasteiger partial charge in [-0.1, -0.05) is 0 Å². The SMILES string of the molecule is N=C(N)CCNS(=O)(=O)c1ccn[nH]1. The average Bonchev–Trinajstić information content (AvgIpc) is 2.54. The number of nitrogens with zero attached hydrogens (tertiary/aromatic N) is 1. The lowest BCUT2D eigenvalue weighted by Gasteiger charge is -2.02. The van der Waals surface area contributed by atoms with Crippen LogP contribution in [0, 0.1) is 5.41 Å². The van der Waals surface area contributed by atoms with E-state index in [1.165, 1.54) is 12.3 Å². The Morgan fingerprint density at radius 2 is 2.43 bits per heavy atom. The van der Waals surface area contributed by atoms with Gasteiger partial charge in [0.15, 0.2) is 5.03 Å². The van der Waals surface area contributed by atoms with Crippen LogP contribution in [0.3, 0.4) is 0 Å². The average molecular weight is 217 g/mol. The van der Waals surface area contributed by atoms with Crippen molar-refractivity contribution in [2.75, 3.05) is 6.54 Å². The van der Waals surface area contributed by atoms with Crippen molar-refractivity contribution in [1.82, 2.24) is 14.9 Å². The van der Waals surface area contributed by atoms with Gasteiger partial charge in [0.25, 0.3) is 10.0 Å². The summed E-state index contributed by atoms with van der Waals surface area (Å²) in [6.45, 7) is 0.108. The maximum atomic E-state index is 11.4. The van der Waals surface area contributed by atoms with Gasteiger partial charge < -0.3 is 5.73 Å². The fourth-order valence-corrected chi connectivity index (χ4v) is 1.73. The number of hydrogen-bond acceptors (Lipinski definition) is 4. The fraction of sp³-hybridized carbons (Fsp3) is 0.333. The lowest BCUT2D eigenvalue weighted by molar-refractivity contribution is 0.578. The van der Waals surface area contributed by atoms with Crippen molar-refractivity contribution in [2.24, 2.45) is 5.73 Å². The molecule has 0 saturated heterocycles. The number of nitrogens with one attached hydrogen (secondary N) is 3. The molecule has 0 saturated carbocycles. The third kappa shape index (κ3) is 2.82. The van der Waals surface area contributed by atoms with Crippen molar-refractivity contribution < 1.29 is 8.42 Å². The first-order chi connectivity index (χ1) is 6.52. The zero-order valence-electron chi connectivity index (χ0n) is 7.32. The molecule has 0 amide bonds. The summed E-state index contributed by atoms with van der Waals surface area (Å²) in [6, 6.07) is 1.34. The molecule has 0 spiro atoms. The van der Waals surface area contributed by atoms with Gasteiger partial charge in [-0.25, -0.2) is 13.1 Å². The van der Waals surface area contributed by atoms with Gasteiger partial charge >= 0.3 is 0 Å². The maximum absolute atomic E-state index is 11.4. The Labute approximate surface area is 81.3 Å². The molecule has 1 aromatic heterocycles. The molecule has 0 aliphatic heterocycles. The Bertz CT molecular complexity index is 396. The summed E-state index contributed by atoms with van der Waals surface area (Å²) in [4.78, 5) is 0. The van der Waals surface area contributed by atoms with Gasteiger partial charge in [0.1, 0.15) is 0 Å². The highest BCUT2D eigenvalue weighted by Gasteiger charge is 2.13. The van der Waals surface area contributed by atoms with Crippen LogP contribution in [-0.4, -0.2) is 31.0 Å². The molecule has 78 valence electrons. The van der Waals surface area contributed by atoms with E-state index in [4.69, 9.17) is 11.1 Å². The highest BCUT2D eigenvalue weighted by molar-refractivity contribution is 7.89. The molecule has 0 radical (unpaired) electrons. The highest BCUT2D eigenvalue weighted by Crippen LogP contribution is 2.01. The lowest BCUT2D eigenvalue weighted by atomic mass is 10.4. The quantitative estimate of drug-likeness (QED) is 0.373. The van der Waals surface area contributed by atoms with Crippen LogP contribution < -0.4 is 10.5 Å². The molecule has 0 bridgehead atoms. The van der Waals surface area contributed by atoms with E-state index in [0.717, 1.165) is 0 Å². The number of H-pyrrole nitrogens is 1. The van der Waals surface area contributed by atoms with Crippen LogP contribution in [0.2, 0.25) is 0 Å². The van der Waals surface area contributed by atoms with Gasteiger partial charge in [-0.05, 0) is 6.07 Å². The molecule has 1 rings (SSSR count). The minimum absolute atomic E-state index is 0.000974. The van der Waals surface area contributed by atoms with Crippen LogP contribution in [0.4, 0.5) is 0 Å². The normalized spacial score (nSPS) is 11.4. The molecule has 0 aliphatic carbocycles. The van der Waals surface area contributed by atoms with E-state index < -0.39 is 10.0 Å². The zero-order chi connectivity index (χ0) is 10.6. The summed E-state index contributed by atoms with van der Waals surface area (Å²) in [5, 5.41) is 12.8. The monoisotopic (exact) mass is 217 g/mol. The van der Waals surface area contributed by atoms with E-state index in [1.807, 2.05) is 0 Å². The minimum Gasteiger partial charge on any atom is -0.388 e. The number of nitrogens with two attached hydrogens (primary N) is 1. The summed E-state index contributed by atoms with van der Waals surface area (Å²) >= 11 is 0. The molecule has 5 N–H and O–H groups in total. The van der Waals surface area contributed by atoms with Crippen molar-refractivity contribution in [3.05, 3.63) is 12.3 Å². The summed E-state index contributed by atoms with van der Waals surface area (Å²) < 4.78 is 25.0. The molecule has 7 nitrogen and oxygen atoms in total. The Hall–Kier alpha value is -1.41. The molecule has 1 heterocycles. The van der Waals surface area contributed by atoms with Gasteiger partial charge in [0.05, 0.1) is 12.0 Å². The van der Waals surface area contributed by atoms with Crippen LogP contribution in [0.1, 0.15) is 6.42 Å². The molecule has 0 unspecified atom stereocenters. The molecular weight excluding hydrogens is 206 g/mol. The lowest BCUT2D eigenvalue weighted by Crippen LogP contribution is -2.28. The number of aromatic amines is 1. The van der Waals surface area contributed by atoms with Gasteiger partial charge in [-0.15, -0.1) is 0 Å². The fourth-order valence-electron chi connectivity index (χ4n) is 0.791. The van der Waals surface area contributed by atoms with Crippen molar-refractivity contribution >= 4 is 15.9 Å². The molecule has 0 atom stereocenters. The molecule has 1 aromatic rings. The number of sulfonamides is 1. The largest absolute Gasteiger partial charge is 0.388 e. The third-order valence-corrected chi connectivity index (χ3v) is 2.84. The first kappa shape index (κ1) is 10.7. The first-order valence-corrected chi connectivity index (χ1v) is 5.32. The van der Waals surface area contributed by atoms with Gasteiger partial charge in [-0.3, -0.25) is 10.5 Å². The van der Waals surface area contributed by atoms with Crippen LogP contribution >= 0.6 is 0 Å². The second-order valence-corrected chi connectivity index (χ2v) is 4.33. The second kappa shape index (κ2) is 4.20. The van der Waals surface area contributed by atoms with Crippen LogP contribution in [0.15, 0.2) is 17.3 Å². The van der Waals surface area contributed by atoms with Gasteiger partial charge in [-0.2, -0.15) is 5.10 Å². The summed E-state index contributed by atoms with van der Waals surface area (Å²) in [6.07, 6.45) is 1.53. The zero-order valence-corrected chi connectivity index (χ0v) is 8.13. The standard InChI is InChI=1S/C6H11N5O2S/c7-5(8)1-4-10-14(12,13)6-2-3-9-11-6/h2-3,10H,1,4H2,(H3,7,8)(H,9,11). The van der Waals surface area contributed by atoms with Crippen molar-refractivity contribution in [2.45, 2.75) is 11.4 Å². The number of hydrogen-bond donors (Lipinski definition) is 4. The maximum Gasteiger partial charge on any atom is 0.257 e. The smallest absolute Gasteiger partial charge is 0.257 e. The van der Waals surface area contributed by atoms with E-state index >= 15 is 0 Å². The van der Waals surface area contributed by atoms with E-state index in [-0.39, 0.29) is 23.8 Å². The second-order valence-electron chi connectivity index (χ2n) is 2.59. The van der Waals surface area contributed by atoms with Crippen molar-refractivity contribution in [3.63, 3.8) is 0 Å². The first-order valence-electron chi connectivity index (χ1n) is 3.84. The molecule has 0 aliphatic rings. The Morgan fingerprint density at radius 1 is 1.71 bits per heavy atom. The summed E-state index contributed by atoms with van der Waals surface area (Å²) in [5.41, 5.74) is 5.07. The number of aromatic nitrogens is 2. The number of amidine groups is 1. The van der Waals surface area contributed by atoms with E-state index in [1.54, 1.807) is 0 Å². The third-order valence-electron chi connectivity index (χ3n) is 1.45. The molecule has 0 fully saturated rings. The summed E-state index contributed by atoms with van der Waals surface area (Å²) in [5.74, 6) is -0.0580. The van der Waals surface area contributed by atoms with Crippen LogP contribution in [-0.2, 0) is 10.0 Å². The van der Waals surface area contributed by atoms with E-state index in [0.29, 0.717) is 0 Å². The van der Waals surface area contributed by atoms with Crippen LogP contribution in [0.5, 0.6) is 0 Å². The molecule has 0 aromatic carbocycles. The predicted molar refractivity (Wildman–Crippen MR) is 50.3 cm³/mol. The minimum atomic E-state index is -3.53. The number of rotatable bonds is 5. The summed E-state index contributed by atoms with van der Waals surface area (Å²) in [7, 11) is -3.53. The molecule has 8 heteroatoms. The van der Waals surface area contributed by atoms with Crippen LogP contribution in [0.25, 0.3) is 0 Å². The topological polar surface area (TPSA) is 125 Å².